The number of aromatic nitrogens is 2. The van der Waals surface area contributed by atoms with E-state index < -0.39 is 11.9 Å². The van der Waals surface area contributed by atoms with E-state index in [0.29, 0.717) is 26.2 Å². The lowest BCUT2D eigenvalue weighted by Gasteiger charge is -2.36. The van der Waals surface area contributed by atoms with Crippen molar-refractivity contribution in [3.63, 3.8) is 0 Å². The largest absolute Gasteiger partial charge is 0.433 e. The Morgan fingerprint density at radius 1 is 1.21 bits per heavy atom. The highest BCUT2D eigenvalue weighted by Crippen LogP contribution is 2.29. The second kappa shape index (κ2) is 6.54. The Hall–Kier alpha value is -1.90. The van der Waals surface area contributed by atoms with Crippen molar-refractivity contribution in [1.82, 2.24) is 14.9 Å². The maximum atomic E-state index is 12.7. The van der Waals surface area contributed by atoms with E-state index in [1.54, 1.807) is 9.80 Å². The van der Waals surface area contributed by atoms with Crippen molar-refractivity contribution in [1.29, 1.82) is 0 Å². The Kier molecular flexibility index (Phi) is 4.62. The fourth-order valence-electron chi connectivity index (χ4n) is 3.28. The highest BCUT2D eigenvalue weighted by molar-refractivity contribution is 5.79. The minimum Gasteiger partial charge on any atom is -0.339 e. The van der Waals surface area contributed by atoms with Crippen LogP contribution in [0.2, 0.25) is 0 Å². The highest BCUT2D eigenvalue weighted by atomic mass is 19.4. The molecule has 1 aromatic rings. The van der Waals surface area contributed by atoms with Crippen molar-refractivity contribution >= 4 is 11.9 Å². The smallest absolute Gasteiger partial charge is 0.339 e. The number of amides is 1. The van der Waals surface area contributed by atoms with Crippen molar-refractivity contribution in [2.24, 2.45) is 11.7 Å². The SMILES string of the molecule is NC1CCC(C(=O)N2CCN(c3nccc(C(F)(F)F)n3)CC2)C1. The van der Waals surface area contributed by atoms with Crippen LogP contribution in [0.4, 0.5) is 19.1 Å². The molecule has 3 rings (SSSR count). The average molecular weight is 343 g/mol. The van der Waals surface area contributed by atoms with E-state index in [-0.39, 0.29) is 23.8 Å². The summed E-state index contributed by atoms with van der Waals surface area (Å²) >= 11 is 0. The maximum Gasteiger partial charge on any atom is 0.433 e. The summed E-state index contributed by atoms with van der Waals surface area (Å²) in [5.74, 6) is 0.142. The van der Waals surface area contributed by atoms with Crippen LogP contribution in [0.15, 0.2) is 12.3 Å². The molecule has 2 heterocycles. The molecular weight excluding hydrogens is 323 g/mol. The Labute approximate surface area is 137 Å². The van der Waals surface area contributed by atoms with Gasteiger partial charge in [0, 0.05) is 44.3 Å². The number of halogens is 3. The molecule has 1 saturated heterocycles. The molecule has 0 spiro atoms. The van der Waals surface area contributed by atoms with Gasteiger partial charge < -0.3 is 15.5 Å². The standard InChI is InChI=1S/C15H20F3N5O/c16-15(17,18)12-3-4-20-14(21-12)23-7-5-22(6-8-23)13(24)10-1-2-11(19)9-10/h3-4,10-11H,1-2,5-9,19H2. The normalized spacial score (nSPS) is 25.2. The molecule has 2 fully saturated rings. The molecule has 2 N–H and O–H groups in total. The summed E-state index contributed by atoms with van der Waals surface area (Å²) in [7, 11) is 0. The number of anilines is 1. The third kappa shape index (κ3) is 3.61. The molecule has 6 nitrogen and oxygen atoms in total. The van der Waals surface area contributed by atoms with Crippen molar-refractivity contribution < 1.29 is 18.0 Å². The number of carbonyl (C=O) groups is 1. The Balaban J connectivity index is 1.60. The van der Waals surface area contributed by atoms with Crippen molar-refractivity contribution in [2.75, 3.05) is 31.1 Å². The second-order valence-electron chi connectivity index (χ2n) is 6.32. The molecule has 0 aromatic carbocycles. The third-order valence-electron chi connectivity index (χ3n) is 4.63. The van der Waals surface area contributed by atoms with Gasteiger partial charge in [0.2, 0.25) is 11.9 Å². The molecule has 2 unspecified atom stereocenters. The number of piperazine rings is 1. The van der Waals surface area contributed by atoms with Crippen LogP contribution >= 0.6 is 0 Å². The van der Waals surface area contributed by atoms with E-state index in [1.165, 1.54) is 0 Å². The van der Waals surface area contributed by atoms with Gasteiger partial charge >= 0.3 is 6.18 Å². The Bertz CT molecular complexity index is 601. The molecule has 2 aliphatic rings. The van der Waals surface area contributed by atoms with Crippen LogP contribution in [0.1, 0.15) is 25.0 Å². The molecule has 24 heavy (non-hydrogen) atoms. The zero-order valence-electron chi connectivity index (χ0n) is 13.2. The summed E-state index contributed by atoms with van der Waals surface area (Å²) in [4.78, 5) is 23.4. The second-order valence-corrected chi connectivity index (χ2v) is 6.32. The van der Waals surface area contributed by atoms with Gasteiger partial charge in [0.1, 0.15) is 5.69 Å². The summed E-state index contributed by atoms with van der Waals surface area (Å²) in [6.45, 7) is 1.77. The zero-order chi connectivity index (χ0) is 17.3. The molecule has 1 saturated carbocycles. The van der Waals surface area contributed by atoms with E-state index in [2.05, 4.69) is 9.97 Å². The van der Waals surface area contributed by atoms with Crippen LogP contribution in [0.5, 0.6) is 0 Å². The third-order valence-corrected chi connectivity index (χ3v) is 4.63. The van der Waals surface area contributed by atoms with E-state index in [0.717, 1.165) is 31.5 Å². The lowest BCUT2D eigenvalue weighted by atomic mass is 10.1. The summed E-state index contributed by atoms with van der Waals surface area (Å²) in [5, 5.41) is 0. The van der Waals surface area contributed by atoms with E-state index in [1.807, 2.05) is 0 Å². The molecule has 2 atom stereocenters. The minimum atomic E-state index is -4.49. The van der Waals surface area contributed by atoms with Gasteiger partial charge in [-0.1, -0.05) is 0 Å². The fourth-order valence-corrected chi connectivity index (χ4v) is 3.28. The first-order valence-corrected chi connectivity index (χ1v) is 8.04. The van der Waals surface area contributed by atoms with Crippen LogP contribution in [-0.2, 0) is 11.0 Å². The average Bonchev–Trinajstić information content (AvgIpc) is 3.00. The first-order valence-electron chi connectivity index (χ1n) is 8.04. The van der Waals surface area contributed by atoms with Gasteiger partial charge in [-0.3, -0.25) is 4.79 Å². The van der Waals surface area contributed by atoms with Crippen LogP contribution < -0.4 is 10.6 Å². The van der Waals surface area contributed by atoms with Crippen molar-refractivity contribution in [3.8, 4) is 0 Å². The Morgan fingerprint density at radius 2 is 1.92 bits per heavy atom. The summed E-state index contributed by atoms with van der Waals surface area (Å²) < 4.78 is 38.2. The van der Waals surface area contributed by atoms with E-state index in [9.17, 15) is 18.0 Å². The van der Waals surface area contributed by atoms with Gasteiger partial charge in [0.05, 0.1) is 0 Å². The quantitative estimate of drug-likeness (QED) is 0.875. The topological polar surface area (TPSA) is 75.4 Å². The van der Waals surface area contributed by atoms with Gasteiger partial charge in [0.15, 0.2) is 0 Å². The number of alkyl halides is 3. The van der Waals surface area contributed by atoms with Gasteiger partial charge in [-0.05, 0) is 25.3 Å². The zero-order valence-corrected chi connectivity index (χ0v) is 13.2. The molecule has 1 aliphatic heterocycles. The molecule has 1 aromatic heterocycles. The number of nitrogens with zero attached hydrogens (tertiary/aromatic N) is 4. The molecule has 0 radical (unpaired) electrons. The molecule has 1 amide bonds. The number of hydrogen-bond acceptors (Lipinski definition) is 5. The van der Waals surface area contributed by atoms with Crippen molar-refractivity contribution in [3.05, 3.63) is 18.0 Å². The van der Waals surface area contributed by atoms with Gasteiger partial charge in [-0.25, -0.2) is 9.97 Å². The Morgan fingerprint density at radius 3 is 2.50 bits per heavy atom. The summed E-state index contributed by atoms with van der Waals surface area (Å²) in [6, 6.07) is 0.950. The van der Waals surface area contributed by atoms with Crippen molar-refractivity contribution in [2.45, 2.75) is 31.5 Å². The molecule has 1 aliphatic carbocycles. The first-order chi connectivity index (χ1) is 11.3. The molecule has 9 heteroatoms. The molecule has 0 bridgehead atoms. The minimum absolute atomic E-state index is 0.0173. The monoisotopic (exact) mass is 343 g/mol. The number of nitrogens with two attached hydrogens (primary N) is 1. The van der Waals surface area contributed by atoms with Crippen LogP contribution in [0, 0.1) is 5.92 Å². The molecule has 132 valence electrons. The fraction of sp³-hybridized carbons (Fsp3) is 0.667. The maximum absolute atomic E-state index is 12.7. The highest BCUT2D eigenvalue weighted by Gasteiger charge is 2.35. The summed E-state index contributed by atoms with van der Waals surface area (Å²) in [6.07, 6.45) is -0.972. The summed E-state index contributed by atoms with van der Waals surface area (Å²) in [5.41, 5.74) is 4.90. The lowest BCUT2D eigenvalue weighted by molar-refractivity contribution is -0.141. The first kappa shape index (κ1) is 16.9. The van der Waals surface area contributed by atoms with Gasteiger partial charge in [0.25, 0.3) is 0 Å². The predicted molar refractivity (Wildman–Crippen MR) is 81.1 cm³/mol. The van der Waals surface area contributed by atoms with Crippen LogP contribution in [-0.4, -0.2) is 53.0 Å². The van der Waals surface area contributed by atoms with Gasteiger partial charge in [-0.2, -0.15) is 13.2 Å². The van der Waals surface area contributed by atoms with Crippen LogP contribution in [0.3, 0.4) is 0 Å². The number of hydrogen-bond donors (Lipinski definition) is 1. The van der Waals surface area contributed by atoms with Gasteiger partial charge in [-0.15, -0.1) is 0 Å². The predicted octanol–water partition coefficient (Wildman–Crippen LogP) is 1.27. The number of carbonyl (C=O) groups excluding carboxylic acids is 1. The van der Waals surface area contributed by atoms with E-state index in [4.69, 9.17) is 5.73 Å². The van der Waals surface area contributed by atoms with E-state index >= 15 is 0 Å². The number of rotatable bonds is 2. The lowest BCUT2D eigenvalue weighted by Crippen LogP contribution is -2.50. The molecular formula is C15H20F3N5O. The van der Waals surface area contributed by atoms with Crippen LogP contribution in [0.25, 0.3) is 0 Å².